The van der Waals surface area contributed by atoms with Crippen molar-refractivity contribution in [3.05, 3.63) is 120 Å². The Labute approximate surface area is 265 Å². The average Bonchev–Trinajstić information content (AvgIpc) is 3.39. The molecule has 0 atom stereocenters. The van der Waals surface area contributed by atoms with E-state index >= 15 is 0 Å². The molecule has 1 aliphatic rings. The minimum absolute atomic E-state index is 0.0812. The number of benzene rings is 4. The Bertz CT molecular complexity index is 1710. The monoisotopic (exact) mass is 601 g/mol. The van der Waals surface area contributed by atoms with Crippen LogP contribution in [0.1, 0.15) is 35.4 Å². The van der Waals surface area contributed by atoms with Crippen molar-refractivity contribution in [2.75, 3.05) is 35.6 Å². The Balaban J connectivity index is 1.17. The molecule has 8 heteroatoms. The standard InChI is InChI=1S/C37H43N7O/c1-42-35-17-16-33(23-34(35)41-36(42)18-13-27-7-9-28(24-38)10-8-27)44(25-29-11-14-30(39)15-12-29)37(45)26-43-21-19-32(20-22-43)40-31-5-3-2-4-6-31/h2-12,14-17,23,32,40H,13,18-22,24-26,38-39H2,1H3. The first-order chi connectivity index (χ1) is 21.9. The van der Waals surface area contributed by atoms with Crippen LogP contribution >= 0.6 is 0 Å². The molecule has 2 heterocycles. The minimum atomic E-state index is 0.0812. The van der Waals surface area contributed by atoms with Crippen LogP contribution < -0.4 is 21.7 Å². The number of piperidine rings is 1. The molecular weight excluding hydrogens is 558 g/mol. The van der Waals surface area contributed by atoms with Crippen LogP contribution in [-0.2, 0) is 37.8 Å². The highest BCUT2D eigenvalue weighted by Crippen LogP contribution is 2.26. The van der Waals surface area contributed by atoms with E-state index in [9.17, 15) is 4.79 Å². The molecule has 232 valence electrons. The zero-order valence-electron chi connectivity index (χ0n) is 26.0. The third-order valence-corrected chi connectivity index (χ3v) is 8.88. The van der Waals surface area contributed by atoms with Gasteiger partial charge in [-0.15, -0.1) is 0 Å². The second kappa shape index (κ2) is 14.0. The molecular formula is C37H43N7O. The number of likely N-dealkylation sites (tertiary alicyclic amines) is 1. The van der Waals surface area contributed by atoms with Gasteiger partial charge in [-0.3, -0.25) is 9.69 Å². The number of aryl methyl sites for hydroxylation is 3. The molecule has 5 aromatic rings. The Morgan fingerprint density at radius 3 is 2.29 bits per heavy atom. The lowest BCUT2D eigenvalue weighted by Crippen LogP contribution is -2.45. The second-order valence-corrected chi connectivity index (χ2v) is 12.1. The van der Waals surface area contributed by atoms with E-state index in [-0.39, 0.29) is 5.91 Å². The number of para-hydroxylation sites is 1. The van der Waals surface area contributed by atoms with Crippen molar-refractivity contribution in [1.29, 1.82) is 0 Å². The normalized spacial score (nSPS) is 14.1. The number of hydrogen-bond donors (Lipinski definition) is 3. The van der Waals surface area contributed by atoms with Gasteiger partial charge in [-0.2, -0.15) is 0 Å². The third-order valence-electron chi connectivity index (χ3n) is 8.88. The van der Waals surface area contributed by atoms with Crippen LogP contribution in [-0.4, -0.2) is 46.0 Å². The summed E-state index contributed by atoms with van der Waals surface area (Å²) in [5, 5.41) is 3.64. The SMILES string of the molecule is Cn1c(CCc2ccc(CN)cc2)nc2cc(N(Cc3ccc(N)cc3)C(=O)CN3CCC(Nc4ccccc4)CC3)ccc21. The first kappa shape index (κ1) is 30.4. The number of aromatic nitrogens is 2. The van der Waals surface area contributed by atoms with Crippen molar-refractivity contribution < 1.29 is 4.79 Å². The zero-order chi connectivity index (χ0) is 31.2. The van der Waals surface area contributed by atoms with Gasteiger partial charge in [0.25, 0.3) is 0 Å². The van der Waals surface area contributed by atoms with Crippen LogP contribution in [0.25, 0.3) is 11.0 Å². The summed E-state index contributed by atoms with van der Waals surface area (Å²) in [5.74, 6) is 1.10. The molecule has 8 nitrogen and oxygen atoms in total. The molecule has 1 aliphatic heterocycles. The maximum absolute atomic E-state index is 14.0. The van der Waals surface area contributed by atoms with E-state index in [1.54, 1.807) is 0 Å². The number of carbonyl (C=O) groups excluding carboxylic acids is 1. The molecule has 1 fully saturated rings. The molecule has 1 saturated heterocycles. The summed E-state index contributed by atoms with van der Waals surface area (Å²) in [4.78, 5) is 23.2. The number of amides is 1. The summed E-state index contributed by atoms with van der Waals surface area (Å²) < 4.78 is 2.16. The largest absolute Gasteiger partial charge is 0.399 e. The van der Waals surface area contributed by atoms with Crippen molar-refractivity contribution >= 4 is 34.0 Å². The number of nitrogen functional groups attached to an aromatic ring is 1. The number of nitrogens with zero attached hydrogens (tertiary/aromatic N) is 4. The summed E-state index contributed by atoms with van der Waals surface area (Å²) in [6.07, 6.45) is 3.72. The molecule has 0 aliphatic carbocycles. The summed E-state index contributed by atoms with van der Waals surface area (Å²) in [6, 6.07) is 33.2. The maximum atomic E-state index is 14.0. The molecule has 0 bridgehead atoms. The predicted octanol–water partition coefficient (Wildman–Crippen LogP) is 5.51. The number of fused-ring (bicyclic) bond motifs is 1. The lowest BCUT2D eigenvalue weighted by molar-refractivity contribution is -0.120. The van der Waals surface area contributed by atoms with Gasteiger partial charge in [-0.05, 0) is 78.4 Å². The number of imidazole rings is 1. The molecule has 0 spiro atoms. The quantitative estimate of drug-likeness (QED) is 0.173. The van der Waals surface area contributed by atoms with E-state index in [0.29, 0.717) is 31.4 Å². The topological polar surface area (TPSA) is 105 Å². The van der Waals surface area contributed by atoms with Gasteiger partial charge in [-0.1, -0.05) is 54.6 Å². The number of nitrogens with one attached hydrogen (secondary N) is 1. The Hall–Kier alpha value is -4.66. The molecule has 5 N–H and O–H groups in total. The van der Waals surface area contributed by atoms with Gasteiger partial charge in [-0.25, -0.2) is 4.98 Å². The van der Waals surface area contributed by atoms with Gasteiger partial charge in [0, 0.05) is 56.2 Å². The van der Waals surface area contributed by atoms with Crippen LogP contribution in [0.2, 0.25) is 0 Å². The summed E-state index contributed by atoms with van der Waals surface area (Å²) >= 11 is 0. The summed E-state index contributed by atoms with van der Waals surface area (Å²) in [6.45, 7) is 3.15. The van der Waals surface area contributed by atoms with E-state index < -0.39 is 0 Å². The Morgan fingerprint density at radius 2 is 1.58 bits per heavy atom. The van der Waals surface area contributed by atoms with Crippen molar-refractivity contribution in [1.82, 2.24) is 14.5 Å². The van der Waals surface area contributed by atoms with Gasteiger partial charge >= 0.3 is 0 Å². The maximum Gasteiger partial charge on any atom is 0.241 e. The fourth-order valence-corrected chi connectivity index (χ4v) is 6.14. The van der Waals surface area contributed by atoms with Crippen LogP contribution in [0.3, 0.4) is 0 Å². The molecule has 6 rings (SSSR count). The fraction of sp³-hybridized carbons (Fsp3) is 0.297. The van der Waals surface area contributed by atoms with Crippen LogP contribution in [0, 0.1) is 0 Å². The first-order valence-corrected chi connectivity index (χ1v) is 15.9. The third kappa shape index (κ3) is 7.53. The van der Waals surface area contributed by atoms with E-state index in [4.69, 9.17) is 16.5 Å². The van der Waals surface area contributed by atoms with E-state index in [0.717, 1.165) is 78.1 Å². The molecule has 1 aromatic heterocycles. The average molecular weight is 602 g/mol. The van der Waals surface area contributed by atoms with Crippen LogP contribution in [0.5, 0.6) is 0 Å². The Morgan fingerprint density at radius 1 is 0.889 bits per heavy atom. The minimum Gasteiger partial charge on any atom is -0.399 e. The van der Waals surface area contributed by atoms with Gasteiger partial charge in [0.2, 0.25) is 5.91 Å². The fourth-order valence-electron chi connectivity index (χ4n) is 6.14. The molecule has 45 heavy (non-hydrogen) atoms. The van der Waals surface area contributed by atoms with E-state index in [1.807, 2.05) is 41.3 Å². The molecule has 0 saturated carbocycles. The zero-order valence-corrected chi connectivity index (χ0v) is 26.0. The number of nitrogens with two attached hydrogens (primary N) is 2. The van der Waals surface area contributed by atoms with Crippen molar-refractivity contribution in [3.8, 4) is 0 Å². The molecule has 4 aromatic carbocycles. The summed E-state index contributed by atoms with van der Waals surface area (Å²) in [7, 11) is 2.06. The number of hydrogen-bond acceptors (Lipinski definition) is 6. The van der Waals surface area contributed by atoms with E-state index in [1.165, 1.54) is 5.56 Å². The number of rotatable bonds is 11. The van der Waals surface area contributed by atoms with Crippen LogP contribution in [0.4, 0.5) is 17.1 Å². The van der Waals surface area contributed by atoms with E-state index in [2.05, 4.69) is 82.5 Å². The Kier molecular flexibility index (Phi) is 9.43. The predicted molar refractivity (Wildman–Crippen MR) is 184 cm³/mol. The molecule has 0 radical (unpaired) electrons. The molecule has 0 unspecified atom stereocenters. The highest BCUT2D eigenvalue weighted by Gasteiger charge is 2.25. The highest BCUT2D eigenvalue weighted by atomic mass is 16.2. The summed E-state index contributed by atoms with van der Waals surface area (Å²) in [5.41, 5.74) is 19.8. The van der Waals surface area contributed by atoms with Gasteiger partial charge < -0.3 is 26.3 Å². The number of anilines is 3. The lowest BCUT2D eigenvalue weighted by atomic mass is 10.0. The van der Waals surface area contributed by atoms with Gasteiger partial charge in [0.15, 0.2) is 0 Å². The highest BCUT2D eigenvalue weighted by molar-refractivity contribution is 5.96. The van der Waals surface area contributed by atoms with Crippen LogP contribution in [0.15, 0.2) is 97.1 Å². The van der Waals surface area contributed by atoms with Gasteiger partial charge in [0.1, 0.15) is 5.82 Å². The second-order valence-electron chi connectivity index (χ2n) is 12.1. The number of carbonyl (C=O) groups is 1. The van der Waals surface area contributed by atoms with Crippen molar-refractivity contribution in [2.24, 2.45) is 12.8 Å². The van der Waals surface area contributed by atoms with Crippen molar-refractivity contribution in [2.45, 2.75) is 44.8 Å². The lowest BCUT2D eigenvalue weighted by Gasteiger charge is -2.34. The van der Waals surface area contributed by atoms with Gasteiger partial charge in [0.05, 0.1) is 24.1 Å². The van der Waals surface area contributed by atoms with Crippen molar-refractivity contribution in [3.63, 3.8) is 0 Å². The smallest absolute Gasteiger partial charge is 0.241 e. The molecule has 1 amide bonds. The first-order valence-electron chi connectivity index (χ1n) is 15.9.